The van der Waals surface area contributed by atoms with E-state index in [4.69, 9.17) is 23.5 Å². The summed E-state index contributed by atoms with van der Waals surface area (Å²) in [7, 11) is 1.64. The van der Waals surface area contributed by atoms with Gasteiger partial charge in [0.1, 0.15) is 25.4 Å². The molecule has 2 rings (SSSR count). The van der Waals surface area contributed by atoms with Gasteiger partial charge in [-0.1, -0.05) is 77.1 Å². The first-order chi connectivity index (χ1) is 15.7. The molecule has 0 aliphatic heterocycles. The van der Waals surface area contributed by atoms with Crippen LogP contribution in [-0.4, -0.2) is 44.9 Å². The zero-order valence-electron chi connectivity index (χ0n) is 21.8. The number of benzene rings is 2. The minimum Gasteiger partial charge on any atom is -0.491 e. The van der Waals surface area contributed by atoms with Crippen molar-refractivity contribution in [3.05, 3.63) is 65.7 Å². The summed E-state index contributed by atoms with van der Waals surface area (Å²) in [5.74, 6) is 0.911. The zero-order valence-corrected chi connectivity index (χ0v) is 22.6. The number of rotatable bonds is 11. The molecule has 192 valence electrons. The van der Waals surface area contributed by atoms with E-state index in [1.165, 1.54) is 11.1 Å². The van der Waals surface area contributed by atoms with Gasteiger partial charge in [0.2, 0.25) is 0 Å². The summed E-state index contributed by atoms with van der Waals surface area (Å²) in [6.07, 6.45) is 1.15. The van der Waals surface area contributed by atoms with Gasteiger partial charge in [-0.15, -0.1) is 0 Å². The van der Waals surface area contributed by atoms with Crippen LogP contribution in [0.5, 0.6) is 5.75 Å². The number of hydrogen-bond acceptors (Lipinski definition) is 5. The molecule has 0 heterocycles. The third-order valence-corrected chi connectivity index (χ3v) is 5.40. The summed E-state index contributed by atoms with van der Waals surface area (Å²) < 4.78 is 37.8. The van der Waals surface area contributed by atoms with Crippen molar-refractivity contribution in [3.63, 3.8) is 0 Å². The summed E-state index contributed by atoms with van der Waals surface area (Å²) in [6, 6.07) is 19.2. The smallest absolute Gasteiger partial charge is 0.119 e. The van der Waals surface area contributed by atoms with E-state index in [9.17, 15) is 0 Å². The normalized spacial score (nSPS) is 12.3. The van der Waals surface area contributed by atoms with Gasteiger partial charge in [-0.2, -0.15) is 0 Å². The lowest BCUT2D eigenvalue weighted by atomic mass is 9.72. The molecule has 2 aromatic carbocycles. The van der Waals surface area contributed by atoms with Crippen LogP contribution in [0.1, 0.15) is 52.2 Å². The number of quaternary nitrogens is 1. The van der Waals surface area contributed by atoms with Crippen molar-refractivity contribution in [2.75, 3.05) is 40.5 Å². The predicted molar refractivity (Wildman–Crippen MR) is 127 cm³/mol. The van der Waals surface area contributed by atoms with Gasteiger partial charge in [0, 0.05) is 5.56 Å². The topological polar surface area (TPSA) is 87.6 Å². The Balaban J connectivity index is 0.00000133. The van der Waals surface area contributed by atoms with E-state index >= 15 is 0 Å². The molecule has 2 aromatic rings. The number of likely N-dealkylation sites (N-methyl/N-ethyl adjacent to an activating group) is 1. The Labute approximate surface area is 209 Å². The highest BCUT2D eigenvalue weighted by molar-refractivity contribution is 5.31. The molecule has 0 N–H and O–H groups in total. The van der Waals surface area contributed by atoms with Crippen LogP contribution < -0.4 is 18.7 Å². The maximum atomic E-state index is 8.41. The average Bonchev–Trinajstić information content (AvgIpc) is 2.69. The first-order valence-corrected chi connectivity index (χ1v) is 12.5. The van der Waals surface area contributed by atoms with Crippen molar-refractivity contribution in [2.24, 2.45) is 5.41 Å². The lowest BCUT2D eigenvalue weighted by molar-refractivity contribution is -1.73. The predicted octanol–water partition coefficient (Wildman–Crippen LogP) is 2.51. The molecule has 0 saturated heterocycles. The van der Waals surface area contributed by atoms with Gasteiger partial charge in [0.05, 0.1) is 38.1 Å². The second-order valence-corrected chi connectivity index (χ2v) is 11.5. The fourth-order valence-corrected chi connectivity index (χ4v) is 4.22. The fraction of sp³-hybridized carbons (Fsp3) is 0.556. The number of nitrogens with zero attached hydrogens (tertiary/aromatic N) is 1. The lowest BCUT2D eigenvalue weighted by Crippen LogP contribution is -2.42. The molecular formula is C27H42ClNO5. The van der Waals surface area contributed by atoms with Crippen molar-refractivity contribution < 1.29 is 38.7 Å². The van der Waals surface area contributed by atoms with Gasteiger partial charge in [-0.05, 0) is 34.9 Å². The second kappa shape index (κ2) is 14.0. The van der Waals surface area contributed by atoms with E-state index < -0.39 is 10.8 Å². The molecule has 0 atom stereocenters. The van der Waals surface area contributed by atoms with Crippen LogP contribution in [0.25, 0.3) is 0 Å². The molecule has 0 saturated carbocycles. The summed E-state index contributed by atoms with van der Waals surface area (Å²) >= 11 is 0. The molecule has 7 heteroatoms. The Morgan fingerprint density at radius 1 is 0.794 bits per heavy atom. The van der Waals surface area contributed by atoms with Crippen LogP contribution >= 0.6 is 0 Å². The molecular weight excluding hydrogens is 454 g/mol. The van der Waals surface area contributed by atoms with Crippen molar-refractivity contribution in [2.45, 2.75) is 53.0 Å². The van der Waals surface area contributed by atoms with Crippen molar-refractivity contribution in [1.29, 1.82) is 0 Å². The van der Waals surface area contributed by atoms with Gasteiger partial charge >= 0.3 is 0 Å². The van der Waals surface area contributed by atoms with E-state index in [0.29, 0.717) is 18.6 Å². The van der Waals surface area contributed by atoms with Gasteiger partial charge in [0.25, 0.3) is 0 Å². The molecule has 0 spiro atoms. The molecule has 0 radical (unpaired) electrons. The largest absolute Gasteiger partial charge is 0.491 e. The average molecular weight is 496 g/mol. The molecule has 0 bridgehead atoms. The monoisotopic (exact) mass is 495 g/mol. The zero-order chi connectivity index (χ0) is 25.8. The lowest BCUT2D eigenvalue weighted by Gasteiger charge is -2.33. The second-order valence-electron chi connectivity index (χ2n) is 11.1. The van der Waals surface area contributed by atoms with Crippen LogP contribution in [0.3, 0.4) is 0 Å². The minimum absolute atomic E-state index is 0.157. The first-order valence-electron chi connectivity index (χ1n) is 11.6. The Bertz CT molecular complexity index is 799. The molecule has 0 aliphatic carbocycles. The fourth-order valence-electron chi connectivity index (χ4n) is 4.22. The number of ether oxygens (including phenoxy) is 2. The van der Waals surface area contributed by atoms with Gasteiger partial charge in [0.15, 0.2) is 0 Å². The quantitative estimate of drug-likeness (QED) is 0.353. The first kappa shape index (κ1) is 30.4. The maximum absolute atomic E-state index is 8.41. The van der Waals surface area contributed by atoms with Crippen LogP contribution in [0.15, 0.2) is 54.6 Å². The van der Waals surface area contributed by atoms with E-state index in [2.05, 4.69) is 103 Å². The summed E-state index contributed by atoms with van der Waals surface area (Å²) in [4.78, 5) is 0. The highest BCUT2D eigenvalue weighted by Gasteiger charge is 2.27. The van der Waals surface area contributed by atoms with Crippen LogP contribution in [-0.2, 0) is 16.7 Å². The van der Waals surface area contributed by atoms with E-state index in [1.807, 2.05) is 0 Å². The molecule has 0 fully saturated rings. The standard InChI is InChI=1S/C27H42NO2.ClO3/c1-26(2,3)22-27(4,5)24-13-15-25(16-14-24)30-20-19-29-18-17-28(6,7)21-23-11-9-8-10-12-23;2-1(3)4/h8-16H,17-22H2,1-7H3;/q+1;-1. The highest BCUT2D eigenvalue weighted by Crippen LogP contribution is 2.36. The summed E-state index contributed by atoms with van der Waals surface area (Å²) in [5.41, 5.74) is 3.19. The maximum Gasteiger partial charge on any atom is 0.119 e. The third-order valence-electron chi connectivity index (χ3n) is 5.40. The molecule has 6 nitrogen and oxygen atoms in total. The Morgan fingerprint density at radius 3 is 1.88 bits per heavy atom. The van der Waals surface area contributed by atoms with Gasteiger partial charge in [-0.25, -0.2) is 0 Å². The van der Waals surface area contributed by atoms with Gasteiger partial charge < -0.3 is 27.9 Å². The Hall–Kier alpha value is -1.67. The minimum atomic E-state index is -2.85. The van der Waals surface area contributed by atoms with Gasteiger partial charge in [-0.3, -0.25) is 0 Å². The summed E-state index contributed by atoms with van der Waals surface area (Å²) in [6.45, 7) is 15.5. The molecule has 0 unspecified atom stereocenters. The molecule has 0 aliphatic rings. The van der Waals surface area contributed by atoms with Crippen molar-refractivity contribution >= 4 is 0 Å². The SMILES string of the molecule is CC(C)(C)CC(C)(C)c1ccc(OCCOCC[N+](C)(C)Cc2ccccc2)cc1.[O-][Cl+2]([O-])[O-]. The van der Waals surface area contributed by atoms with Crippen LogP contribution in [0.4, 0.5) is 0 Å². The highest BCUT2D eigenvalue weighted by atomic mass is 35.6. The Kier molecular flexibility index (Phi) is 12.5. The van der Waals surface area contributed by atoms with E-state index in [0.717, 1.165) is 36.3 Å². The third kappa shape index (κ3) is 13.9. The molecule has 0 amide bonds. The van der Waals surface area contributed by atoms with Crippen LogP contribution in [0, 0.1) is 16.2 Å². The van der Waals surface area contributed by atoms with E-state index in [1.54, 1.807) is 0 Å². The number of hydrogen-bond donors (Lipinski definition) is 0. The van der Waals surface area contributed by atoms with Crippen molar-refractivity contribution in [1.82, 2.24) is 0 Å². The molecule has 0 aromatic heterocycles. The Morgan fingerprint density at radius 2 is 1.35 bits per heavy atom. The van der Waals surface area contributed by atoms with E-state index in [-0.39, 0.29) is 5.41 Å². The van der Waals surface area contributed by atoms with Crippen LogP contribution in [0.2, 0.25) is 0 Å². The summed E-state index contributed by atoms with van der Waals surface area (Å²) in [5, 5.41) is 0. The number of halogens is 1. The van der Waals surface area contributed by atoms with Crippen molar-refractivity contribution in [3.8, 4) is 5.75 Å². The molecule has 34 heavy (non-hydrogen) atoms.